The molecule has 0 N–H and O–H groups in total. The molecule has 4 aliphatic heterocycles. The molecule has 0 saturated carbocycles. The summed E-state index contributed by atoms with van der Waals surface area (Å²) in [6.45, 7) is 22.0. The Morgan fingerprint density at radius 3 is 1.26 bits per heavy atom. The van der Waals surface area contributed by atoms with Gasteiger partial charge < -0.3 is 0 Å². The lowest BCUT2D eigenvalue weighted by molar-refractivity contribution is -0.125. The highest BCUT2D eigenvalue weighted by atomic mass is 32.1. The molecule has 0 aromatic carbocycles. The number of nitrogens with zero attached hydrogens (tertiary/aromatic N) is 2. The molecule has 2 unspecified atom stereocenters. The van der Waals surface area contributed by atoms with Crippen LogP contribution >= 0.6 is 22.7 Å². The Bertz CT molecular complexity index is 1310. The average Bonchev–Trinajstić information content (AvgIpc) is 3.46. The van der Waals surface area contributed by atoms with Crippen LogP contribution in [-0.2, 0) is 20.4 Å². The van der Waals surface area contributed by atoms with Gasteiger partial charge in [-0.15, -0.1) is 22.7 Å². The summed E-state index contributed by atoms with van der Waals surface area (Å²) in [4.78, 5) is 36.7. The Kier molecular flexibility index (Phi) is 4.15. The Balaban J connectivity index is 1.64. The molecule has 2 amide bonds. The molecular formula is C28H32N2O2S2. The van der Waals surface area contributed by atoms with Crippen molar-refractivity contribution in [3.63, 3.8) is 0 Å². The number of carbonyl (C=O) groups excluding carboxylic acids is 2. The van der Waals surface area contributed by atoms with Gasteiger partial charge in [0.1, 0.15) is 0 Å². The summed E-state index contributed by atoms with van der Waals surface area (Å²) in [7, 11) is 0. The molecular weight excluding hydrogens is 460 g/mol. The number of thiophene rings is 2. The topological polar surface area (TPSA) is 40.6 Å². The fraction of sp³-hybridized carbons (Fsp3) is 0.500. The molecule has 0 fully saturated rings. The smallest absolute Gasteiger partial charge is 0.261 e. The van der Waals surface area contributed by atoms with Gasteiger partial charge in [0, 0.05) is 9.75 Å². The third-order valence-corrected chi connectivity index (χ3v) is 11.3. The Morgan fingerprint density at radius 2 is 0.971 bits per heavy atom. The lowest BCUT2D eigenvalue weighted by Crippen LogP contribution is -2.27. The standard InChI is InChI=1S/C28H32N2O2S2/c1-11-15-13(3)29-19(21(15)33-23(11)27(5,6)7)17-18(25(29)31)20-22-16(14(4)30(20)26(17)32)12(2)24(34-22)28(8,9)10/h13-14H,1-10H3. The van der Waals surface area contributed by atoms with Crippen molar-refractivity contribution in [2.75, 3.05) is 0 Å². The van der Waals surface area contributed by atoms with Gasteiger partial charge in [-0.2, -0.15) is 0 Å². The highest BCUT2D eigenvalue weighted by Gasteiger charge is 2.58. The van der Waals surface area contributed by atoms with Gasteiger partial charge in [-0.25, -0.2) is 0 Å². The summed E-state index contributed by atoms with van der Waals surface area (Å²) in [5, 5.41) is 0. The van der Waals surface area contributed by atoms with E-state index in [1.165, 1.54) is 32.0 Å². The van der Waals surface area contributed by atoms with E-state index < -0.39 is 0 Å². The monoisotopic (exact) mass is 492 g/mol. The molecule has 6 heteroatoms. The van der Waals surface area contributed by atoms with Crippen molar-refractivity contribution in [2.24, 2.45) is 0 Å². The van der Waals surface area contributed by atoms with Crippen LogP contribution in [0.25, 0.3) is 11.4 Å². The third-order valence-electron chi connectivity index (χ3n) is 7.86. The molecule has 2 aromatic heterocycles. The van der Waals surface area contributed by atoms with E-state index in [0.29, 0.717) is 11.1 Å². The van der Waals surface area contributed by atoms with E-state index in [1.54, 1.807) is 22.7 Å². The molecule has 2 atom stereocenters. The summed E-state index contributed by atoms with van der Waals surface area (Å²) < 4.78 is 0. The first kappa shape index (κ1) is 22.3. The number of hydrogen-bond donors (Lipinski definition) is 0. The quantitative estimate of drug-likeness (QED) is 0.398. The Hall–Kier alpha value is -2.18. The second kappa shape index (κ2) is 6.33. The van der Waals surface area contributed by atoms with E-state index >= 15 is 0 Å². The first-order valence-electron chi connectivity index (χ1n) is 12.1. The van der Waals surface area contributed by atoms with Crippen LogP contribution in [0.1, 0.15) is 109 Å². The Morgan fingerprint density at radius 1 is 0.647 bits per heavy atom. The van der Waals surface area contributed by atoms with Crippen molar-refractivity contribution in [2.45, 2.75) is 92.2 Å². The van der Waals surface area contributed by atoms with E-state index in [9.17, 15) is 9.59 Å². The van der Waals surface area contributed by atoms with Crippen molar-refractivity contribution in [1.82, 2.24) is 9.80 Å². The first-order chi connectivity index (χ1) is 15.7. The van der Waals surface area contributed by atoms with Crippen LogP contribution < -0.4 is 0 Å². The van der Waals surface area contributed by atoms with E-state index in [0.717, 1.165) is 21.1 Å². The number of amides is 2. The summed E-state index contributed by atoms with van der Waals surface area (Å²) >= 11 is 3.54. The fourth-order valence-corrected chi connectivity index (χ4v) is 9.63. The molecule has 0 saturated heterocycles. The molecule has 0 radical (unpaired) electrons. The predicted octanol–water partition coefficient (Wildman–Crippen LogP) is 6.98. The van der Waals surface area contributed by atoms with Crippen LogP contribution in [0.4, 0.5) is 0 Å². The minimum Gasteiger partial charge on any atom is -0.299 e. The maximum atomic E-state index is 14.0. The normalized spacial score (nSPS) is 23.4. The molecule has 34 heavy (non-hydrogen) atoms. The fourth-order valence-electron chi connectivity index (χ4n) is 6.62. The largest absolute Gasteiger partial charge is 0.299 e. The van der Waals surface area contributed by atoms with Crippen molar-refractivity contribution >= 4 is 45.9 Å². The molecule has 0 spiro atoms. The molecule has 6 rings (SSSR count). The summed E-state index contributed by atoms with van der Waals surface area (Å²) in [5.74, 6) is -0.0151. The van der Waals surface area contributed by atoms with E-state index in [2.05, 4.69) is 69.2 Å². The molecule has 6 heterocycles. The van der Waals surface area contributed by atoms with E-state index in [1.807, 2.05) is 9.80 Å². The van der Waals surface area contributed by atoms with Crippen molar-refractivity contribution in [1.29, 1.82) is 0 Å². The van der Waals surface area contributed by atoms with Gasteiger partial charge in [-0.1, -0.05) is 41.5 Å². The zero-order valence-electron chi connectivity index (χ0n) is 21.7. The van der Waals surface area contributed by atoms with Crippen LogP contribution in [0.5, 0.6) is 0 Å². The zero-order valence-corrected chi connectivity index (χ0v) is 23.3. The van der Waals surface area contributed by atoms with Crippen molar-refractivity contribution < 1.29 is 9.59 Å². The number of carbonyl (C=O) groups is 2. The lowest BCUT2D eigenvalue weighted by atomic mass is 9.89. The van der Waals surface area contributed by atoms with Gasteiger partial charge in [0.05, 0.1) is 44.4 Å². The van der Waals surface area contributed by atoms with Crippen LogP contribution in [-0.4, -0.2) is 21.6 Å². The molecule has 2 aromatic rings. The number of hydrogen-bond acceptors (Lipinski definition) is 4. The summed E-state index contributed by atoms with van der Waals surface area (Å²) in [6.07, 6.45) is 0. The van der Waals surface area contributed by atoms with E-state index in [4.69, 9.17) is 0 Å². The minimum atomic E-state index is -0.0502. The van der Waals surface area contributed by atoms with Crippen molar-refractivity contribution in [3.8, 4) is 0 Å². The van der Waals surface area contributed by atoms with Crippen LogP contribution in [0, 0.1) is 13.8 Å². The third kappa shape index (κ3) is 2.39. The molecule has 0 aliphatic carbocycles. The van der Waals surface area contributed by atoms with Gasteiger partial charge >= 0.3 is 0 Å². The van der Waals surface area contributed by atoms with Gasteiger partial charge in [-0.05, 0) is 60.8 Å². The number of fused-ring (bicyclic) bond motifs is 7. The molecule has 178 valence electrons. The van der Waals surface area contributed by atoms with E-state index in [-0.39, 0.29) is 34.7 Å². The van der Waals surface area contributed by atoms with Gasteiger partial charge in [0.25, 0.3) is 11.8 Å². The summed E-state index contributed by atoms with van der Waals surface area (Å²) in [6, 6.07) is -0.100. The average molecular weight is 493 g/mol. The minimum absolute atomic E-state index is 0.00753. The van der Waals surface area contributed by atoms with Gasteiger partial charge in [0.15, 0.2) is 0 Å². The van der Waals surface area contributed by atoms with Gasteiger partial charge in [0.2, 0.25) is 0 Å². The molecule has 4 nitrogen and oxygen atoms in total. The Labute approximate surface area is 210 Å². The number of rotatable bonds is 0. The maximum absolute atomic E-state index is 14.0. The van der Waals surface area contributed by atoms with Crippen LogP contribution in [0.3, 0.4) is 0 Å². The zero-order chi connectivity index (χ0) is 24.8. The van der Waals surface area contributed by atoms with Crippen molar-refractivity contribution in [3.05, 3.63) is 52.9 Å². The first-order valence-corrected chi connectivity index (χ1v) is 13.8. The van der Waals surface area contributed by atoms with Crippen LogP contribution in [0.15, 0.2) is 11.1 Å². The predicted molar refractivity (Wildman–Crippen MR) is 140 cm³/mol. The highest BCUT2D eigenvalue weighted by molar-refractivity contribution is 7.14. The lowest BCUT2D eigenvalue weighted by Gasteiger charge is -2.25. The second-order valence-electron chi connectivity index (χ2n) is 12.2. The second-order valence-corrected chi connectivity index (χ2v) is 14.3. The van der Waals surface area contributed by atoms with Crippen LogP contribution in [0.2, 0.25) is 0 Å². The molecule has 4 aliphatic rings. The highest BCUT2D eigenvalue weighted by Crippen LogP contribution is 2.62. The molecule has 0 bridgehead atoms. The maximum Gasteiger partial charge on any atom is 0.261 e. The SMILES string of the molecule is Cc1c(C(C)(C)C)sc2c1C(C)N1C(=O)C3=C4c5sc(C(C)(C)C)c(C)c5C(C)N4C(=O)C3=C21. The van der Waals surface area contributed by atoms with Gasteiger partial charge in [-0.3, -0.25) is 19.4 Å². The summed E-state index contributed by atoms with van der Waals surface area (Å²) in [5.41, 5.74) is 8.04.